The highest BCUT2D eigenvalue weighted by molar-refractivity contribution is 7.85. The number of benzene rings is 1. The predicted octanol–water partition coefficient (Wildman–Crippen LogP) is 2.73. The molecule has 18 heavy (non-hydrogen) atoms. The fourth-order valence-corrected chi connectivity index (χ4v) is 4.76. The Hall–Kier alpha value is -0.670. The van der Waals surface area contributed by atoms with Crippen molar-refractivity contribution >= 4 is 10.8 Å². The molecule has 0 saturated heterocycles. The molecule has 1 aliphatic carbocycles. The molecular formula is C15H21NOS. The van der Waals surface area contributed by atoms with E-state index in [1.54, 1.807) is 0 Å². The molecule has 0 amide bonds. The highest BCUT2D eigenvalue weighted by atomic mass is 32.2. The average molecular weight is 263 g/mol. The van der Waals surface area contributed by atoms with Crippen LogP contribution in [-0.4, -0.2) is 16.0 Å². The van der Waals surface area contributed by atoms with E-state index in [-0.39, 0.29) is 5.25 Å². The van der Waals surface area contributed by atoms with E-state index < -0.39 is 10.8 Å². The number of hydrogen-bond acceptors (Lipinski definition) is 2. The van der Waals surface area contributed by atoms with Crippen LogP contribution in [0.25, 0.3) is 0 Å². The van der Waals surface area contributed by atoms with Crippen molar-refractivity contribution in [2.45, 2.75) is 55.7 Å². The fraction of sp³-hybridized carbons (Fsp3) is 0.600. The first-order valence-corrected chi connectivity index (χ1v) is 8.21. The Labute approximate surface area is 112 Å². The van der Waals surface area contributed by atoms with Gasteiger partial charge in [-0.25, -0.2) is 0 Å². The van der Waals surface area contributed by atoms with Gasteiger partial charge in [0, 0.05) is 16.2 Å². The molecule has 0 radical (unpaired) electrons. The van der Waals surface area contributed by atoms with Gasteiger partial charge in [0.1, 0.15) is 0 Å². The summed E-state index contributed by atoms with van der Waals surface area (Å²) < 4.78 is 12.4. The molecule has 1 aromatic carbocycles. The summed E-state index contributed by atoms with van der Waals surface area (Å²) in [7, 11) is -0.817. The number of nitrogens with one attached hydrogen (secondary N) is 1. The molecule has 0 spiro atoms. The van der Waals surface area contributed by atoms with Crippen molar-refractivity contribution in [3.63, 3.8) is 0 Å². The molecule has 1 aliphatic heterocycles. The van der Waals surface area contributed by atoms with Gasteiger partial charge in [-0.1, -0.05) is 19.9 Å². The Morgan fingerprint density at radius 2 is 2.06 bits per heavy atom. The van der Waals surface area contributed by atoms with Crippen LogP contribution in [0.3, 0.4) is 0 Å². The molecule has 3 heteroatoms. The number of hydrogen-bond donors (Lipinski definition) is 1. The third kappa shape index (κ3) is 1.94. The van der Waals surface area contributed by atoms with Crippen LogP contribution in [-0.2, 0) is 23.6 Å². The summed E-state index contributed by atoms with van der Waals surface area (Å²) in [5.74, 6) is 0. The van der Waals surface area contributed by atoms with E-state index in [1.807, 2.05) is 0 Å². The molecule has 3 atom stereocenters. The van der Waals surface area contributed by atoms with Crippen molar-refractivity contribution in [1.82, 2.24) is 5.32 Å². The quantitative estimate of drug-likeness (QED) is 0.889. The van der Waals surface area contributed by atoms with Crippen LogP contribution in [0.2, 0.25) is 0 Å². The molecule has 2 aliphatic rings. The minimum absolute atomic E-state index is 0.265. The lowest BCUT2D eigenvalue weighted by Gasteiger charge is -2.30. The zero-order valence-electron chi connectivity index (χ0n) is 11.2. The number of aryl methyl sites for hydroxylation is 2. The van der Waals surface area contributed by atoms with Gasteiger partial charge < -0.3 is 5.32 Å². The van der Waals surface area contributed by atoms with E-state index in [0.29, 0.717) is 6.04 Å². The molecule has 1 aromatic rings. The summed E-state index contributed by atoms with van der Waals surface area (Å²) in [6.07, 6.45) is 4.61. The molecule has 1 N–H and O–H groups in total. The molecule has 0 aromatic heterocycles. The summed E-state index contributed by atoms with van der Waals surface area (Å²) in [5, 5.41) is 3.81. The molecule has 0 saturated carbocycles. The summed E-state index contributed by atoms with van der Waals surface area (Å²) in [4.78, 5) is 1.10. The number of fused-ring (bicyclic) bond motifs is 2. The molecule has 3 unspecified atom stereocenters. The standard InChI is InChI=1S/C15H21NOS/c1-3-16-14-7-10(2)18(17)15-9-12-6-4-5-11(12)8-13(14)15/h8-10,14,16H,3-7H2,1-2H3. The maximum atomic E-state index is 12.4. The minimum atomic E-state index is -0.817. The normalized spacial score (nSPS) is 30.0. The van der Waals surface area contributed by atoms with Gasteiger partial charge in [-0.2, -0.15) is 0 Å². The Bertz CT molecular complexity index is 498. The Morgan fingerprint density at radius 3 is 2.78 bits per heavy atom. The van der Waals surface area contributed by atoms with Crippen LogP contribution in [0, 0.1) is 0 Å². The molecule has 98 valence electrons. The van der Waals surface area contributed by atoms with E-state index in [0.717, 1.165) is 17.9 Å². The third-order valence-corrected chi connectivity index (χ3v) is 5.91. The van der Waals surface area contributed by atoms with E-state index in [2.05, 4.69) is 31.3 Å². The Kier molecular flexibility index (Phi) is 3.29. The van der Waals surface area contributed by atoms with Gasteiger partial charge >= 0.3 is 0 Å². The summed E-state index contributed by atoms with van der Waals surface area (Å²) in [5.41, 5.74) is 4.23. The lowest BCUT2D eigenvalue weighted by atomic mass is 9.97. The molecular weight excluding hydrogens is 242 g/mol. The second kappa shape index (κ2) is 4.78. The summed E-state index contributed by atoms with van der Waals surface area (Å²) >= 11 is 0. The van der Waals surface area contributed by atoms with Gasteiger partial charge in [-0.3, -0.25) is 4.21 Å². The minimum Gasteiger partial charge on any atom is -0.310 e. The first kappa shape index (κ1) is 12.4. The smallest absolute Gasteiger partial charge is 0.0562 e. The summed E-state index contributed by atoms with van der Waals surface area (Å²) in [6, 6.07) is 4.95. The third-order valence-electron chi connectivity index (χ3n) is 4.20. The van der Waals surface area contributed by atoms with Gasteiger partial charge in [0.2, 0.25) is 0 Å². The Morgan fingerprint density at radius 1 is 1.33 bits per heavy atom. The van der Waals surface area contributed by atoms with Gasteiger partial charge in [-0.05, 0) is 55.0 Å². The maximum absolute atomic E-state index is 12.4. The van der Waals surface area contributed by atoms with Gasteiger partial charge in [0.25, 0.3) is 0 Å². The topological polar surface area (TPSA) is 29.1 Å². The van der Waals surface area contributed by atoms with Gasteiger partial charge in [-0.15, -0.1) is 0 Å². The monoisotopic (exact) mass is 263 g/mol. The van der Waals surface area contributed by atoms with Crippen molar-refractivity contribution in [1.29, 1.82) is 0 Å². The molecule has 0 fully saturated rings. The Balaban J connectivity index is 2.09. The van der Waals surface area contributed by atoms with Crippen molar-refractivity contribution in [2.24, 2.45) is 0 Å². The lowest BCUT2D eigenvalue weighted by molar-refractivity contribution is 0.490. The molecule has 0 bridgehead atoms. The molecule has 3 rings (SSSR count). The highest BCUT2D eigenvalue weighted by Gasteiger charge is 2.31. The van der Waals surface area contributed by atoms with Crippen LogP contribution >= 0.6 is 0 Å². The van der Waals surface area contributed by atoms with E-state index in [1.165, 1.54) is 36.0 Å². The lowest BCUT2D eigenvalue weighted by Crippen LogP contribution is -2.32. The van der Waals surface area contributed by atoms with Gasteiger partial charge in [0.15, 0.2) is 0 Å². The predicted molar refractivity (Wildman–Crippen MR) is 75.4 cm³/mol. The van der Waals surface area contributed by atoms with Crippen molar-refractivity contribution < 1.29 is 4.21 Å². The van der Waals surface area contributed by atoms with Crippen molar-refractivity contribution in [3.05, 3.63) is 28.8 Å². The van der Waals surface area contributed by atoms with Crippen LogP contribution in [0.4, 0.5) is 0 Å². The molecule has 2 nitrogen and oxygen atoms in total. The first-order chi connectivity index (χ1) is 8.70. The van der Waals surface area contributed by atoms with E-state index in [9.17, 15) is 4.21 Å². The van der Waals surface area contributed by atoms with Crippen molar-refractivity contribution in [3.8, 4) is 0 Å². The average Bonchev–Trinajstić information content (AvgIpc) is 2.81. The number of rotatable bonds is 2. The maximum Gasteiger partial charge on any atom is 0.0562 e. The van der Waals surface area contributed by atoms with Crippen molar-refractivity contribution in [2.75, 3.05) is 6.54 Å². The second-order valence-electron chi connectivity index (χ2n) is 5.47. The summed E-state index contributed by atoms with van der Waals surface area (Å²) in [6.45, 7) is 5.22. The van der Waals surface area contributed by atoms with Gasteiger partial charge in [0.05, 0.1) is 10.8 Å². The SMILES string of the molecule is CCNC1CC(C)S(=O)c2cc3c(cc21)CCC3. The fourth-order valence-electron chi connectivity index (χ4n) is 3.27. The van der Waals surface area contributed by atoms with E-state index >= 15 is 0 Å². The zero-order chi connectivity index (χ0) is 12.7. The van der Waals surface area contributed by atoms with Crippen LogP contribution in [0.1, 0.15) is 49.4 Å². The van der Waals surface area contributed by atoms with Crippen LogP contribution < -0.4 is 5.32 Å². The van der Waals surface area contributed by atoms with Crippen LogP contribution in [0.5, 0.6) is 0 Å². The second-order valence-corrected chi connectivity index (χ2v) is 7.31. The molecule has 1 heterocycles. The highest BCUT2D eigenvalue weighted by Crippen LogP contribution is 2.37. The van der Waals surface area contributed by atoms with E-state index in [4.69, 9.17) is 0 Å². The first-order valence-electron chi connectivity index (χ1n) is 7.00. The largest absolute Gasteiger partial charge is 0.310 e. The van der Waals surface area contributed by atoms with Crippen LogP contribution in [0.15, 0.2) is 17.0 Å². The zero-order valence-corrected chi connectivity index (χ0v) is 12.0.